The van der Waals surface area contributed by atoms with E-state index in [2.05, 4.69) is 15.8 Å². The number of amides is 2. The molecule has 0 aliphatic heterocycles. The van der Waals surface area contributed by atoms with Crippen LogP contribution in [0, 0.1) is 6.92 Å². The van der Waals surface area contributed by atoms with Crippen LogP contribution in [-0.4, -0.2) is 33.1 Å². The summed E-state index contributed by atoms with van der Waals surface area (Å²) in [6.45, 7) is 3.64. The Hall–Kier alpha value is -5.45. The quantitative estimate of drug-likeness (QED) is 0.101. The Morgan fingerprint density at radius 2 is 1.53 bits per heavy atom. The Labute approximate surface area is 291 Å². The van der Waals surface area contributed by atoms with Crippen LogP contribution in [-0.2, 0) is 21.4 Å². The average Bonchev–Trinajstić information content (AvgIpc) is 3.12. The minimum Gasteiger partial charge on any atom is -0.484 e. The maximum absolute atomic E-state index is 13.7. The average molecular weight is 695 g/mol. The van der Waals surface area contributed by atoms with Crippen molar-refractivity contribution >= 4 is 45.3 Å². The summed E-state index contributed by atoms with van der Waals surface area (Å²) < 4.78 is 34.4. The largest absolute Gasteiger partial charge is 0.484 e. The molecule has 0 unspecified atom stereocenters. The number of nitrogens with zero attached hydrogens (tertiary/aromatic N) is 2. The van der Waals surface area contributed by atoms with Gasteiger partial charge in [0.1, 0.15) is 5.75 Å². The molecule has 2 amide bonds. The highest BCUT2D eigenvalue weighted by atomic mass is 35.5. The number of ether oxygens (including phenoxy) is 1. The fraction of sp³-hybridized carbons (Fsp3) is 0.132. The number of nitrogens with one attached hydrogen (secondary N) is 2. The Morgan fingerprint density at radius 3 is 2.20 bits per heavy atom. The SMILES string of the molecule is Cc1ccc(Cl)cc1N(Cc1ccc(C(=O)N/N=C\c2ccc(OCC(=O)N[C@H](C)c3ccccc3)cc2)cc1)S(=O)(=O)c1ccccc1. The number of carbonyl (C=O) groups excluding carboxylic acids is 2. The Morgan fingerprint density at radius 1 is 0.878 bits per heavy atom. The fourth-order valence-corrected chi connectivity index (χ4v) is 6.63. The molecule has 11 heteroatoms. The van der Waals surface area contributed by atoms with Gasteiger partial charge in [-0.25, -0.2) is 13.8 Å². The highest BCUT2D eigenvalue weighted by Crippen LogP contribution is 2.31. The van der Waals surface area contributed by atoms with Crippen molar-refractivity contribution in [1.82, 2.24) is 10.7 Å². The molecule has 2 N–H and O–H groups in total. The van der Waals surface area contributed by atoms with Crippen molar-refractivity contribution in [2.24, 2.45) is 5.10 Å². The predicted molar refractivity (Wildman–Crippen MR) is 192 cm³/mol. The van der Waals surface area contributed by atoms with Gasteiger partial charge in [0.25, 0.3) is 21.8 Å². The first kappa shape index (κ1) is 34.9. The van der Waals surface area contributed by atoms with Crippen LogP contribution in [0.4, 0.5) is 5.69 Å². The van der Waals surface area contributed by atoms with Gasteiger partial charge in [0.05, 0.1) is 29.4 Å². The second-order valence-corrected chi connectivity index (χ2v) is 13.5. The molecular weight excluding hydrogens is 660 g/mol. The lowest BCUT2D eigenvalue weighted by atomic mass is 10.1. The molecule has 5 rings (SSSR count). The molecule has 0 radical (unpaired) electrons. The molecule has 0 saturated heterocycles. The fourth-order valence-electron chi connectivity index (χ4n) is 4.94. The summed E-state index contributed by atoms with van der Waals surface area (Å²) in [5.74, 6) is -0.147. The summed E-state index contributed by atoms with van der Waals surface area (Å²) in [7, 11) is -3.93. The van der Waals surface area contributed by atoms with Gasteiger partial charge in [0, 0.05) is 10.6 Å². The van der Waals surface area contributed by atoms with E-state index in [0.29, 0.717) is 33.1 Å². The summed E-state index contributed by atoms with van der Waals surface area (Å²) in [5, 5.41) is 7.37. The Kier molecular flexibility index (Phi) is 11.5. The zero-order valence-corrected chi connectivity index (χ0v) is 28.5. The minimum atomic E-state index is -3.93. The van der Waals surface area contributed by atoms with Gasteiger partial charge < -0.3 is 10.1 Å². The van der Waals surface area contributed by atoms with Crippen LogP contribution in [0.3, 0.4) is 0 Å². The number of anilines is 1. The Balaban J connectivity index is 1.16. The molecule has 0 aromatic heterocycles. The lowest BCUT2D eigenvalue weighted by Crippen LogP contribution is -2.31. The number of carbonyl (C=O) groups is 2. The van der Waals surface area contributed by atoms with Gasteiger partial charge in [-0.15, -0.1) is 0 Å². The number of aryl methyl sites for hydroxylation is 1. The molecule has 0 bridgehead atoms. The number of sulfonamides is 1. The monoisotopic (exact) mass is 694 g/mol. The third-order valence-electron chi connectivity index (χ3n) is 7.62. The Bertz CT molecular complexity index is 2020. The van der Waals surface area contributed by atoms with Crippen molar-refractivity contribution in [3.63, 3.8) is 0 Å². The molecule has 1 atom stereocenters. The topological polar surface area (TPSA) is 117 Å². The van der Waals surface area contributed by atoms with Crippen LogP contribution in [0.5, 0.6) is 5.75 Å². The van der Waals surface area contributed by atoms with E-state index in [1.807, 2.05) is 44.2 Å². The molecule has 49 heavy (non-hydrogen) atoms. The van der Waals surface area contributed by atoms with Gasteiger partial charge in [-0.2, -0.15) is 5.10 Å². The molecule has 250 valence electrons. The molecule has 0 spiro atoms. The van der Waals surface area contributed by atoms with Gasteiger partial charge >= 0.3 is 0 Å². The third-order valence-corrected chi connectivity index (χ3v) is 9.63. The summed E-state index contributed by atoms with van der Waals surface area (Å²) in [5.41, 5.74) is 6.45. The van der Waals surface area contributed by atoms with Gasteiger partial charge in [0.15, 0.2) is 6.61 Å². The van der Waals surface area contributed by atoms with Gasteiger partial charge in [-0.1, -0.05) is 78.3 Å². The molecule has 5 aromatic carbocycles. The lowest BCUT2D eigenvalue weighted by Gasteiger charge is -2.26. The number of hydrogen-bond donors (Lipinski definition) is 2. The molecule has 0 saturated carbocycles. The predicted octanol–water partition coefficient (Wildman–Crippen LogP) is 7.06. The van der Waals surface area contributed by atoms with Crippen LogP contribution >= 0.6 is 11.6 Å². The third kappa shape index (κ3) is 9.34. The van der Waals surface area contributed by atoms with E-state index in [0.717, 1.165) is 11.1 Å². The first-order valence-corrected chi connectivity index (χ1v) is 17.3. The number of hydrazone groups is 1. The standard InChI is InChI=1S/C38H35ClN4O5S/c1-27-13-20-33(39)23-36(27)43(49(46,47)35-11-7-4-8-12-35)25-30-14-18-32(19-15-30)38(45)42-40-24-29-16-21-34(22-17-29)48-26-37(44)41-28(2)31-9-5-3-6-10-31/h3-24,28H,25-26H2,1-2H3,(H,41,44)(H,42,45)/b40-24-/t28-/m1/s1. The van der Waals surface area contributed by atoms with E-state index in [9.17, 15) is 18.0 Å². The highest BCUT2D eigenvalue weighted by molar-refractivity contribution is 7.92. The molecule has 5 aromatic rings. The van der Waals surface area contributed by atoms with Crippen LogP contribution in [0.25, 0.3) is 0 Å². The van der Waals surface area contributed by atoms with Crippen LogP contribution in [0.1, 0.15) is 45.6 Å². The van der Waals surface area contributed by atoms with E-state index in [1.54, 1.807) is 97.1 Å². The molecule has 0 fully saturated rings. The number of rotatable bonds is 13. The normalized spacial score (nSPS) is 11.9. The van der Waals surface area contributed by atoms with Gasteiger partial charge in [-0.05, 0) is 96.8 Å². The molecule has 0 heterocycles. The lowest BCUT2D eigenvalue weighted by molar-refractivity contribution is -0.123. The zero-order chi connectivity index (χ0) is 34.8. The van der Waals surface area contributed by atoms with Crippen LogP contribution < -0.4 is 19.8 Å². The maximum atomic E-state index is 13.7. The zero-order valence-electron chi connectivity index (χ0n) is 26.9. The smallest absolute Gasteiger partial charge is 0.271 e. The first-order chi connectivity index (χ1) is 23.6. The van der Waals surface area contributed by atoms with Crippen LogP contribution in [0.15, 0.2) is 137 Å². The van der Waals surface area contributed by atoms with Crippen molar-refractivity contribution in [3.05, 3.63) is 160 Å². The second kappa shape index (κ2) is 16.1. The van der Waals surface area contributed by atoms with E-state index in [4.69, 9.17) is 16.3 Å². The van der Waals surface area contributed by atoms with Gasteiger partial charge in [-0.3, -0.25) is 13.9 Å². The molecular formula is C38H35ClN4O5S. The summed E-state index contributed by atoms with van der Waals surface area (Å²) in [4.78, 5) is 25.2. The molecule has 9 nitrogen and oxygen atoms in total. The van der Waals surface area contributed by atoms with Crippen molar-refractivity contribution in [3.8, 4) is 5.75 Å². The molecule has 0 aliphatic rings. The van der Waals surface area contributed by atoms with E-state index >= 15 is 0 Å². The van der Waals surface area contributed by atoms with Crippen molar-refractivity contribution < 1.29 is 22.7 Å². The number of benzene rings is 5. The van der Waals surface area contributed by atoms with Crippen molar-refractivity contribution in [2.75, 3.05) is 10.9 Å². The summed E-state index contributed by atoms with van der Waals surface area (Å²) >= 11 is 6.26. The second-order valence-electron chi connectivity index (χ2n) is 11.2. The van der Waals surface area contributed by atoms with Gasteiger partial charge in [0.2, 0.25) is 0 Å². The first-order valence-electron chi connectivity index (χ1n) is 15.4. The number of hydrogen-bond acceptors (Lipinski definition) is 6. The number of halogens is 1. The van der Waals surface area contributed by atoms with E-state index < -0.39 is 15.9 Å². The van der Waals surface area contributed by atoms with Crippen molar-refractivity contribution in [1.29, 1.82) is 0 Å². The van der Waals surface area contributed by atoms with Crippen molar-refractivity contribution in [2.45, 2.75) is 31.3 Å². The summed E-state index contributed by atoms with van der Waals surface area (Å²) in [6.07, 6.45) is 1.49. The molecule has 0 aliphatic carbocycles. The maximum Gasteiger partial charge on any atom is 0.271 e. The van der Waals surface area contributed by atoms with Crippen LogP contribution in [0.2, 0.25) is 5.02 Å². The van der Waals surface area contributed by atoms with E-state index in [-0.39, 0.29) is 30.0 Å². The van der Waals surface area contributed by atoms with E-state index in [1.165, 1.54) is 10.5 Å². The highest BCUT2D eigenvalue weighted by Gasteiger charge is 2.26. The minimum absolute atomic E-state index is 0.0235. The summed E-state index contributed by atoms with van der Waals surface area (Å²) in [6, 6.07) is 36.4.